The molecular formula is C26H35N3O4S. The number of ether oxygens (including phenoxy) is 1. The minimum Gasteiger partial charge on any atom is -0.496 e. The summed E-state index contributed by atoms with van der Waals surface area (Å²) in [4.78, 5) is 15.7. The topological polar surface area (TPSA) is 79.0 Å². The summed E-state index contributed by atoms with van der Waals surface area (Å²) in [5, 5.41) is 2.89. The number of methoxy groups -OCH3 is 1. The van der Waals surface area contributed by atoms with Crippen molar-refractivity contribution in [2.24, 2.45) is 0 Å². The van der Waals surface area contributed by atoms with Gasteiger partial charge < -0.3 is 15.0 Å². The Labute approximate surface area is 203 Å². The third-order valence-corrected chi connectivity index (χ3v) is 8.64. The van der Waals surface area contributed by atoms with Gasteiger partial charge in [-0.2, -0.15) is 4.31 Å². The minimum atomic E-state index is -3.66. The molecular weight excluding hydrogens is 450 g/mol. The van der Waals surface area contributed by atoms with Gasteiger partial charge in [0.05, 0.1) is 17.6 Å². The molecule has 184 valence electrons. The molecule has 2 aromatic carbocycles. The van der Waals surface area contributed by atoms with Gasteiger partial charge in [0.15, 0.2) is 0 Å². The van der Waals surface area contributed by atoms with Gasteiger partial charge in [-0.15, -0.1) is 0 Å². The Morgan fingerprint density at radius 3 is 2.21 bits per heavy atom. The Bertz CT molecular complexity index is 1070. The fourth-order valence-electron chi connectivity index (χ4n) is 4.70. The number of hydrogen-bond donors (Lipinski definition) is 1. The van der Waals surface area contributed by atoms with E-state index in [1.807, 2.05) is 24.3 Å². The summed E-state index contributed by atoms with van der Waals surface area (Å²) >= 11 is 0. The van der Waals surface area contributed by atoms with Crippen molar-refractivity contribution in [1.82, 2.24) is 9.21 Å². The number of hydrogen-bond acceptors (Lipinski definition) is 5. The maximum atomic E-state index is 13.2. The van der Waals surface area contributed by atoms with E-state index in [9.17, 15) is 13.2 Å². The lowest BCUT2D eigenvalue weighted by Gasteiger charge is -2.20. The lowest BCUT2D eigenvalue weighted by molar-refractivity contribution is 0.102. The number of amides is 1. The van der Waals surface area contributed by atoms with Gasteiger partial charge in [-0.3, -0.25) is 4.79 Å². The number of nitrogens with one attached hydrogen (secondary N) is 1. The van der Waals surface area contributed by atoms with Gasteiger partial charge >= 0.3 is 0 Å². The summed E-state index contributed by atoms with van der Waals surface area (Å²) in [6.07, 6.45) is 7.36. The molecule has 7 nitrogen and oxygen atoms in total. The second-order valence-corrected chi connectivity index (χ2v) is 11.1. The first-order chi connectivity index (χ1) is 16.5. The first-order valence-corrected chi connectivity index (χ1v) is 13.7. The van der Waals surface area contributed by atoms with Crippen LogP contribution in [0.1, 0.15) is 54.4 Å². The van der Waals surface area contributed by atoms with Crippen molar-refractivity contribution in [3.8, 4) is 5.75 Å². The Morgan fingerprint density at radius 1 is 0.912 bits per heavy atom. The number of carbonyl (C=O) groups is 1. The fraction of sp³-hybridized carbons (Fsp3) is 0.500. The van der Waals surface area contributed by atoms with Crippen LogP contribution in [0, 0.1) is 0 Å². The number of sulfonamides is 1. The zero-order valence-electron chi connectivity index (χ0n) is 20.0. The maximum absolute atomic E-state index is 13.2. The van der Waals surface area contributed by atoms with E-state index >= 15 is 0 Å². The standard InChI is InChI=1S/C26H35N3O4S/c1-33-25-13-12-23(34(31,32)29-17-4-2-3-5-18-29)20-24(25)26(30)27-22-10-8-21(9-11-22)14-19-28-15-6-7-16-28/h8-13,20H,2-7,14-19H2,1H3,(H,27,30). The second-order valence-electron chi connectivity index (χ2n) is 9.13. The summed E-state index contributed by atoms with van der Waals surface area (Å²) < 4.78 is 33.3. The van der Waals surface area contributed by atoms with Gasteiger partial charge in [0.25, 0.3) is 5.91 Å². The molecule has 2 saturated heterocycles. The number of benzene rings is 2. The molecule has 0 spiro atoms. The molecule has 0 radical (unpaired) electrons. The van der Waals surface area contributed by atoms with Crippen LogP contribution in [-0.4, -0.2) is 63.4 Å². The van der Waals surface area contributed by atoms with Gasteiger partial charge in [0.2, 0.25) is 10.0 Å². The van der Waals surface area contributed by atoms with Crippen LogP contribution in [0.4, 0.5) is 5.69 Å². The SMILES string of the molecule is COc1ccc(S(=O)(=O)N2CCCCCC2)cc1C(=O)Nc1ccc(CCN2CCCC2)cc1. The molecule has 1 amide bonds. The molecule has 2 aromatic rings. The molecule has 1 N–H and O–H groups in total. The predicted molar refractivity (Wildman–Crippen MR) is 134 cm³/mol. The van der Waals surface area contributed by atoms with Crippen LogP contribution < -0.4 is 10.1 Å². The van der Waals surface area contributed by atoms with Crippen LogP contribution in [0.2, 0.25) is 0 Å². The van der Waals surface area contributed by atoms with Crippen molar-refractivity contribution in [2.45, 2.75) is 49.8 Å². The first-order valence-electron chi connectivity index (χ1n) is 12.3. The molecule has 0 atom stereocenters. The largest absolute Gasteiger partial charge is 0.496 e. The highest BCUT2D eigenvalue weighted by Gasteiger charge is 2.27. The van der Waals surface area contributed by atoms with Crippen molar-refractivity contribution in [3.63, 3.8) is 0 Å². The molecule has 4 rings (SSSR count). The quantitative estimate of drug-likeness (QED) is 0.608. The smallest absolute Gasteiger partial charge is 0.259 e. The van der Waals surface area contributed by atoms with E-state index in [4.69, 9.17) is 4.74 Å². The van der Waals surface area contributed by atoms with Crippen LogP contribution in [0.5, 0.6) is 5.75 Å². The minimum absolute atomic E-state index is 0.123. The fourth-order valence-corrected chi connectivity index (χ4v) is 6.25. The number of rotatable bonds is 8. The molecule has 0 aliphatic carbocycles. The Kier molecular flexibility index (Phi) is 8.24. The van der Waals surface area contributed by atoms with Crippen LogP contribution in [0.25, 0.3) is 0 Å². The molecule has 0 unspecified atom stereocenters. The molecule has 0 saturated carbocycles. The van der Waals surface area contributed by atoms with E-state index in [-0.39, 0.29) is 10.5 Å². The van der Waals surface area contributed by atoms with Crippen LogP contribution in [0.15, 0.2) is 47.4 Å². The number of nitrogens with zero attached hydrogens (tertiary/aromatic N) is 2. The van der Waals surface area contributed by atoms with Crippen molar-refractivity contribution in [2.75, 3.05) is 45.2 Å². The highest BCUT2D eigenvalue weighted by Crippen LogP contribution is 2.27. The number of carbonyl (C=O) groups excluding carboxylic acids is 1. The predicted octanol–water partition coefficient (Wildman–Crippen LogP) is 4.15. The van der Waals surface area contributed by atoms with Crippen LogP contribution >= 0.6 is 0 Å². The van der Waals surface area contributed by atoms with Crippen molar-refractivity contribution >= 4 is 21.6 Å². The van der Waals surface area contributed by atoms with Gasteiger partial charge in [0.1, 0.15) is 5.75 Å². The molecule has 0 bridgehead atoms. The molecule has 2 heterocycles. The van der Waals surface area contributed by atoms with Crippen molar-refractivity contribution in [1.29, 1.82) is 0 Å². The molecule has 2 aliphatic heterocycles. The van der Waals surface area contributed by atoms with Crippen molar-refractivity contribution in [3.05, 3.63) is 53.6 Å². The highest BCUT2D eigenvalue weighted by molar-refractivity contribution is 7.89. The van der Waals surface area contributed by atoms with Crippen LogP contribution in [0.3, 0.4) is 0 Å². The summed E-state index contributed by atoms with van der Waals surface area (Å²) in [7, 11) is -2.19. The average molecular weight is 486 g/mol. The first kappa shape index (κ1) is 24.7. The monoisotopic (exact) mass is 485 g/mol. The zero-order chi connectivity index (χ0) is 24.0. The van der Waals surface area contributed by atoms with Crippen molar-refractivity contribution < 1.29 is 17.9 Å². The summed E-state index contributed by atoms with van der Waals surface area (Å²) in [5.74, 6) is -0.0517. The lowest BCUT2D eigenvalue weighted by atomic mass is 10.1. The van der Waals surface area contributed by atoms with Gasteiger partial charge in [-0.1, -0.05) is 25.0 Å². The Morgan fingerprint density at radius 2 is 1.56 bits per heavy atom. The third kappa shape index (κ3) is 5.98. The Hall–Kier alpha value is -2.42. The van der Waals surface area contributed by atoms with Gasteiger partial charge in [-0.05, 0) is 81.1 Å². The van der Waals surface area contributed by atoms with E-state index in [1.54, 1.807) is 6.07 Å². The summed E-state index contributed by atoms with van der Waals surface area (Å²) in [6, 6.07) is 12.3. The van der Waals surface area contributed by atoms with E-state index in [0.29, 0.717) is 24.5 Å². The molecule has 0 aromatic heterocycles. The second kappa shape index (κ2) is 11.3. The van der Waals surface area contributed by atoms with Gasteiger partial charge in [0, 0.05) is 25.3 Å². The average Bonchev–Trinajstić information content (AvgIpc) is 3.22. The lowest BCUT2D eigenvalue weighted by Crippen LogP contribution is -2.32. The molecule has 34 heavy (non-hydrogen) atoms. The third-order valence-electron chi connectivity index (χ3n) is 6.75. The molecule has 8 heteroatoms. The normalized spacial score (nSPS) is 17.9. The molecule has 2 fully saturated rings. The number of anilines is 1. The van der Waals surface area contributed by atoms with E-state index in [2.05, 4.69) is 10.2 Å². The summed E-state index contributed by atoms with van der Waals surface area (Å²) in [5.41, 5.74) is 2.10. The zero-order valence-corrected chi connectivity index (χ0v) is 20.8. The maximum Gasteiger partial charge on any atom is 0.259 e. The molecule has 2 aliphatic rings. The van der Waals surface area contributed by atoms with Gasteiger partial charge in [-0.25, -0.2) is 8.42 Å². The Balaban J connectivity index is 1.46. The summed E-state index contributed by atoms with van der Waals surface area (Å²) in [6.45, 7) is 4.45. The van der Waals surface area contributed by atoms with E-state index in [1.165, 1.54) is 55.0 Å². The highest BCUT2D eigenvalue weighted by atomic mass is 32.2. The van der Waals surface area contributed by atoms with Crippen LogP contribution in [-0.2, 0) is 16.4 Å². The number of likely N-dealkylation sites (tertiary alicyclic amines) is 1. The van der Waals surface area contributed by atoms with E-state index < -0.39 is 15.9 Å². The van der Waals surface area contributed by atoms with E-state index in [0.717, 1.165) is 38.6 Å².